The molecule has 2 rings (SSSR count). The Morgan fingerprint density at radius 2 is 2.47 bits per heavy atom. The number of furan rings is 1. The number of anilines is 1. The number of aryl methyl sites for hydroxylation is 1. The molecular formula is C9H7BrN2O2S. The molecule has 2 heterocycles. The summed E-state index contributed by atoms with van der Waals surface area (Å²) in [5.41, 5.74) is 1.35. The van der Waals surface area contributed by atoms with Crippen LogP contribution in [-0.4, -0.2) is 10.9 Å². The minimum absolute atomic E-state index is 0.232. The predicted octanol–water partition coefficient (Wildman–Crippen LogP) is 3.06. The molecule has 0 aliphatic carbocycles. The van der Waals surface area contributed by atoms with Gasteiger partial charge in [-0.3, -0.25) is 10.1 Å². The van der Waals surface area contributed by atoms with Crippen LogP contribution in [0.5, 0.6) is 0 Å². The Morgan fingerprint density at radius 3 is 3.00 bits per heavy atom. The number of hydrogen-bond donors (Lipinski definition) is 1. The van der Waals surface area contributed by atoms with Crippen LogP contribution in [0.25, 0.3) is 0 Å². The maximum absolute atomic E-state index is 11.7. The Labute approximate surface area is 98.5 Å². The zero-order chi connectivity index (χ0) is 10.8. The third kappa shape index (κ3) is 2.27. The molecule has 0 radical (unpaired) electrons. The van der Waals surface area contributed by atoms with E-state index >= 15 is 0 Å². The Morgan fingerprint density at radius 1 is 1.67 bits per heavy atom. The summed E-state index contributed by atoms with van der Waals surface area (Å²) in [6.45, 7) is 1.87. The Kier molecular flexibility index (Phi) is 2.88. The second kappa shape index (κ2) is 4.16. The molecule has 6 heteroatoms. The molecule has 0 saturated carbocycles. The molecule has 0 bridgehead atoms. The first-order valence-electron chi connectivity index (χ1n) is 4.13. The van der Waals surface area contributed by atoms with Crippen molar-refractivity contribution in [3.05, 3.63) is 33.6 Å². The van der Waals surface area contributed by atoms with Crippen molar-refractivity contribution < 1.29 is 9.21 Å². The lowest BCUT2D eigenvalue weighted by molar-refractivity contribution is 0.102. The summed E-state index contributed by atoms with van der Waals surface area (Å²) in [7, 11) is 0. The summed E-state index contributed by atoms with van der Waals surface area (Å²) >= 11 is 4.53. The number of carbonyl (C=O) groups excluding carboxylic acids is 1. The van der Waals surface area contributed by atoms with E-state index in [1.165, 1.54) is 17.6 Å². The second-order valence-corrected chi connectivity index (χ2v) is 4.43. The van der Waals surface area contributed by atoms with Crippen LogP contribution in [0.4, 0.5) is 5.13 Å². The van der Waals surface area contributed by atoms with Crippen molar-refractivity contribution >= 4 is 38.3 Å². The molecule has 2 aromatic heterocycles. The number of nitrogens with zero attached hydrogens (tertiary/aromatic N) is 1. The van der Waals surface area contributed by atoms with Crippen molar-refractivity contribution in [3.63, 3.8) is 0 Å². The van der Waals surface area contributed by atoms with Crippen LogP contribution in [0.1, 0.15) is 16.1 Å². The summed E-state index contributed by atoms with van der Waals surface area (Å²) in [5.74, 6) is -0.232. The van der Waals surface area contributed by atoms with Crippen LogP contribution < -0.4 is 5.32 Å². The van der Waals surface area contributed by atoms with Crippen LogP contribution in [0, 0.1) is 6.92 Å². The van der Waals surface area contributed by atoms with Gasteiger partial charge in [-0.05, 0) is 28.9 Å². The van der Waals surface area contributed by atoms with Crippen molar-refractivity contribution in [1.82, 2.24) is 4.98 Å². The minimum Gasteiger partial charge on any atom is -0.457 e. The standard InChI is InChI=1S/C9H7BrN2O2S/c1-5-4-15-9(11-5)12-8(13)6-2-3-14-7(6)10/h2-4H,1H3,(H,11,12,13). The normalized spacial score (nSPS) is 10.3. The maximum Gasteiger partial charge on any atom is 0.261 e. The van der Waals surface area contributed by atoms with E-state index in [0.717, 1.165) is 5.69 Å². The third-order valence-electron chi connectivity index (χ3n) is 1.70. The molecule has 0 aliphatic heterocycles. The van der Waals surface area contributed by atoms with Crippen LogP contribution >= 0.6 is 27.3 Å². The van der Waals surface area contributed by atoms with Gasteiger partial charge in [0.25, 0.3) is 5.91 Å². The lowest BCUT2D eigenvalue weighted by Gasteiger charge is -1.98. The number of aromatic nitrogens is 1. The number of amides is 1. The van der Waals surface area contributed by atoms with E-state index in [2.05, 4.69) is 26.2 Å². The molecule has 0 aliphatic rings. The summed E-state index contributed by atoms with van der Waals surface area (Å²) < 4.78 is 5.39. The quantitative estimate of drug-likeness (QED) is 0.923. The van der Waals surface area contributed by atoms with E-state index in [9.17, 15) is 4.79 Å². The largest absolute Gasteiger partial charge is 0.457 e. The van der Waals surface area contributed by atoms with E-state index < -0.39 is 0 Å². The maximum atomic E-state index is 11.7. The molecule has 0 atom stereocenters. The van der Waals surface area contributed by atoms with E-state index in [1.54, 1.807) is 6.07 Å². The van der Waals surface area contributed by atoms with Gasteiger partial charge in [0, 0.05) is 5.38 Å². The Bertz CT molecular complexity index is 492. The van der Waals surface area contributed by atoms with Crippen LogP contribution in [0.3, 0.4) is 0 Å². The van der Waals surface area contributed by atoms with Gasteiger partial charge in [-0.15, -0.1) is 11.3 Å². The van der Waals surface area contributed by atoms with Crippen LogP contribution in [-0.2, 0) is 0 Å². The molecule has 0 spiro atoms. The molecule has 0 saturated heterocycles. The molecule has 0 fully saturated rings. The average molecular weight is 287 g/mol. The van der Waals surface area contributed by atoms with Gasteiger partial charge >= 0.3 is 0 Å². The van der Waals surface area contributed by atoms with Gasteiger partial charge in [0.15, 0.2) is 9.80 Å². The lowest BCUT2D eigenvalue weighted by Crippen LogP contribution is -2.11. The summed E-state index contributed by atoms with van der Waals surface area (Å²) in [4.78, 5) is 15.8. The van der Waals surface area contributed by atoms with Gasteiger partial charge in [0.2, 0.25) is 0 Å². The summed E-state index contributed by atoms with van der Waals surface area (Å²) in [5, 5.41) is 5.15. The number of carbonyl (C=O) groups is 1. The van der Waals surface area contributed by atoms with Crippen molar-refractivity contribution in [2.45, 2.75) is 6.92 Å². The first-order chi connectivity index (χ1) is 7.16. The van der Waals surface area contributed by atoms with Gasteiger partial charge in [-0.1, -0.05) is 0 Å². The summed E-state index contributed by atoms with van der Waals surface area (Å²) in [6, 6.07) is 1.60. The fraction of sp³-hybridized carbons (Fsp3) is 0.111. The van der Waals surface area contributed by atoms with Gasteiger partial charge in [0.05, 0.1) is 17.5 Å². The van der Waals surface area contributed by atoms with E-state index in [0.29, 0.717) is 15.4 Å². The van der Waals surface area contributed by atoms with E-state index in [-0.39, 0.29) is 5.91 Å². The highest BCUT2D eigenvalue weighted by atomic mass is 79.9. The number of rotatable bonds is 2. The van der Waals surface area contributed by atoms with Gasteiger partial charge in [-0.2, -0.15) is 0 Å². The monoisotopic (exact) mass is 286 g/mol. The minimum atomic E-state index is -0.232. The number of hydrogen-bond acceptors (Lipinski definition) is 4. The van der Waals surface area contributed by atoms with Crippen LogP contribution in [0.15, 0.2) is 26.8 Å². The first-order valence-corrected chi connectivity index (χ1v) is 5.80. The molecule has 0 aromatic carbocycles. The van der Waals surface area contributed by atoms with Gasteiger partial charge in [-0.25, -0.2) is 4.98 Å². The Hall–Kier alpha value is -1.14. The van der Waals surface area contributed by atoms with Crippen LogP contribution in [0.2, 0.25) is 0 Å². The topological polar surface area (TPSA) is 55.1 Å². The molecule has 2 aromatic rings. The third-order valence-corrected chi connectivity index (χ3v) is 3.19. The highest BCUT2D eigenvalue weighted by molar-refractivity contribution is 9.10. The molecule has 0 unspecified atom stereocenters. The molecule has 78 valence electrons. The van der Waals surface area contributed by atoms with Crippen molar-refractivity contribution in [3.8, 4) is 0 Å². The second-order valence-electron chi connectivity index (χ2n) is 2.86. The fourth-order valence-electron chi connectivity index (χ4n) is 1.03. The zero-order valence-electron chi connectivity index (χ0n) is 7.78. The van der Waals surface area contributed by atoms with E-state index in [4.69, 9.17) is 4.42 Å². The van der Waals surface area contributed by atoms with E-state index in [1.807, 2.05) is 12.3 Å². The highest BCUT2D eigenvalue weighted by Gasteiger charge is 2.13. The SMILES string of the molecule is Cc1csc(NC(=O)c2ccoc2Br)n1. The highest BCUT2D eigenvalue weighted by Crippen LogP contribution is 2.20. The summed E-state index contributed by atoms with van der Waals surface area (Å²) in [6.07, 6.45) is 1.45. The fourth-order valence-corrected chi connectivity index (χ4v) is 2.13. The average Bonchev–Trinajstić information content (AvgIpc) is 2.75. The Balaban J connectivity index is 2.14. The van der Waals surface area contributed by atoms with Gasteiger partial charge < -0.3 is 4.42 Å². The van der Waals surface area contributed by atoms with Crippen molar-refractivity contribution in [2.24, 2.45) is 0 Å². The predicted molar refractivity (Wildman–Crippen MR) is 61.2 cm³/mol. The smallest absolute Gasteiger partial charge is 0.261 e. The number of halogens is 1. The molecular weight excluding hydrogens is 280 g/mol. The number of nitrogens with one attached hydrogen (secondary N) is 1. The van der Waals surface area contributed by atoms with Crippen molar-refractivity contribution in [2.75, 3.05) is 5.32 Å². The molecule has 15 heavy (non-hydrogen) atoms. The lowest BCUT2D eigenvalue weighted by atomic mass is 10.3. The van der Waals surface area contributed by atoms with Gasteiger partial charge in [0.1, 0.15) is 0 Å². The zero-order valence-corrected chi connectivity index (χ0v) is 10.2. The molecule has 4 nitrogen and oxygen atoms in total. The molecule has 1 amide bonds. The first kappa shape index (κ1) is 10.4. The number of thiazole rings is 1. The molecule has 1 N–H and O–H groups in total. The van der Waals surface area contributed by atoms with Crippen molar-refractivity contribution in [1.29, 1.82) is 0 Å².